The summed E-state index contributed by atoms with van der Waals surface area (Å²) in [5.74, 6) is 0.128. The maximum Gasteiger partial charge on any atom is 0.307 e. The Labute approximate surface area is 173 Å². The van der Waals surface area contributed by atoms with Gasteiger partial charge < -0.3 is 9.84 Å². The number of aliphatic carboxylic acids is 1. The molecule has 30 heavy (non-hydrogen) atoms. The van der Waals surface area contributed by atoms with Crippen LogP contribution < -0.4 is 4.74 Å². The van der Waals surface area contributed by atoms with Crippen molar-refractivity contribution in [3.63, 3.8) is 0 Å². The van der Waals surface area contributed by atoms with E-state index in [0.29, 0.717) is 11.5 Å². The summed E-state index contributed by atoms with van der Waals surface area (Å²) in [5, 5.41) is 10.7. The van der Waals surface area contributed by atoms with E-state index in [-0.39, 0.29) is 12.2 Å². The number of hydrogen-bond donors (Lipinski definition) is 1. The first-order chi connectivity index (χ1) is 14.6. The lowest BCUT2D eigenvalue weighted by Crippen LogP contribution is -1.91. The molecule has 4 aromatic carbocycles. The predicted octanol–water partition coefficient (Wildman–Crippen LogP) is 6.93. The molecule has 0 bridgehead atoms. The minimum atomic E-state index is -0.868. The number of hydrogen-bond acceptors (Lipinski definition) is 2. The Morgan fingerprint density at radius 3 is 2.50 bits per heavy atom. The Morgan fingerprint density at radius 2 is 1.73 bits per heavy atom. The maximum atomic E-state index is 13.8. The molecule has 4 heteroatoms. The lowest BCUT2D eigenvalue weighted by molar-refractivity contribution is -0.135. The van der Waals surface area contributed by atoms with Crippen LogP contribution in [0.25, 0.3) is 28.0 Å². The molecular formula is C26H19FO3. The van der Waals surface area contributed by atoms with Crippen LogP contribution in [0.5, 0.6) is 11.5 Å². The number of carboxylic acids is 1. The zero-order chi connectivity index (χ0) is 20.9. The van der Waals surface area contributed by atoms with E-state index >= 15 is 0 Å². The van der Waals surface area contributed by atoms with E-state index in [1.54, 1.807) is 18.2 Å². The molecule has 1 N–H and O–H groups in total. The topological polar surface area (TPSA) is 46.5 Å². The van der Waals surface area contributed by atoms with Crippen molar-refractivity contribution in [2.75, 3.05) is 0 Å². The van der Waals surface area contributed by atoms with Crippen molar-refractivity contribution < 1.29 is 19.0 Å². The molecule has 0 radical (unpaired) electrons. The second kappa shape index (κ2) is 8.62. The van der Waals surface area contributed by atoms with E-state index in [0.717, 1.165) is 27.5 Å². The van der Waals surface area contributed by atoms with Gasteiger partial charge in [0.15, 0.2) is 0 Å². The van der Waals surface area contributed by atoms with Gasteiger partial charge in [0.05, 0.1) is 6.42 Å². The minimum Gasteiger partial charge on any atom is -0.481 e. The van der Waals surface area contributed by atoms with E-state index in [1.807, 2.05) is 66.7 Å². The van der Waals surface area contributed by atoms with Crippen LogP contribution in [0, 0.1) is 5.82 Å². The molecule has 3 nitrogen and oxygen atoms in total. The third kappa shape index (κ3) is 4.39. The SMILES string of the molecule is O=C(O)CC=Cc1ccc(Oc2c(-c3cccc(F)c3)ccc3ccccc23)cc1. The Kier molecular flexibility index (Phi) is 5.57. The molecule has 0 aromatic heterocycles. The second-order valence-corrected chi connectivity index (χ2v) is 6.85. The Bertz CT molecular complexity index is 1230. The average molecular weight is 398 g/mol. The molecule has 0 heterocycles. The number of rotatable bonds is 6. The molecule has 0 saturated carbocycles. The van der Waals surface area contributed by atoms with Crippen molar-refractivity contribution in [3.8, 4) is 22.6 Å². The van der Waals surface area contributed by atoms with Crippen LogP contribution in [0.4, 0.5) is 4.39 Å². The van der Waals surface area contributed by atoms with Gasteiger partial charge in [-0.3, -0.25) is 4.79 Å². The van der Waals surface area contributed by atoms with Gasteiger partial charge >= 0.3 is 5.97 Å². The average Bonchev–Trinajstić information content (AvgIpc) is 2.75. The van der Waals surface area contributed by atoms with Crippen molar-refractivity contribution in [2.24, 2.45) is 0 Å². The van der Waals surface area contributed by atoms with Gasteiger partial charge in [0, 0.05) is 10.9 Å². The fraction of sp³-hybridized carbons (Fsp3) is 0.0385. The van der Waals surface area contributed by atoms with Gasteiger partial charge in [0.2, 0.25) is 0 Å². The fourth-order valence-electron chi connectivity index (χ4n) is 3.30. The number of fused-ring (bicyclic) bond motifs is 1. The van der Waals surface area contributed by atoms with Crippen molar-refractivity contribution in [1.29, 1.82) is 0 Å². The van der Waals surface area contributed by atoms with Crippen molar-refractivity contribution in [2.45, 2.75) is 6.42 Å². The summed E-state index contributed by atoms with van der Waals surface area (Å²) in [6.07, 6.45) is 3.34. The molecule has 0 unspecified atom stereocenters. The number of halogens is 1. The van der Waals surface area contributed by atoms with Crippen LogP contribution in [0.2, 0.25) is 0 Å². The van der Waals surface area contributed by atoms with Gasteiger partial charge in [-0.25, -0.2) is 4.39 Å². The van der Waals surface area contributed by atoms with Crippen LogP contribution in [-0.4, -0.2) is 11.1 Å². The molecule has 0 saturated heterocycles. The first-order valence-electron chi connectivity index (χ1n) is 9.54. The molecule has 4 rings (SSSR count). The van der Waals surface area contributed by atoms with E-state index in [2.05, 4.69) is 0 Å². The summed E-state index contributed by atoms with van der Waals surface area (Å²) in [7, 11) is 0. The number of ether oxygens (including phenoxy) is 1. The molecule has 0 atom stereocenters. The highest BCUT2D eigenvalue weighted by molar-refractivity contribution is 5.95. The zero-order valence-corrected chi connectivity index (χ0v) is 16.1. The number of carbonyl (C=O) groups is 1. The van der Waals surface area contributed by atoms with E-state index in [9.17, 15) is 9.18 Å². The lowest BCUT2D eigenvalue weighted by Gasteiger charge is -2.15. The monoisotopic (exact) mass is 398 g/mol. The third-order valence-electron chi connectivity index (χ3n) is 4.72. The Hall–Kier alpha value is -3.92. The maximum absolute atomic E-state index is 13.8. The number of benzene rings is 4. The summed E-state index contributed by atoms with van der Waals surface area (Å²) in [4.78, 5) is 10.6. The zero-order valence-electron chi connectivity index (χ0n) is 16.1. The van der Waals surface area contributed by atoms with Crippen LogP contribution in [-0.2, 0) is 4.79 Å². The highest BCUT2D eigenvalue weighted by Gasteiger charge is 2.13. The molecule has 0 aliphatic heterocycles. The first kappa shape index (κ1) is 19.4. The normalized spacial score (nSPS) is 11.1. The van der Waals surface area contributed by atoms with Gasteiger partial charge in [0.25, 0.3) is 0 Å². The molecule has 0 amide bonds. The van der Waals surface area contributed by atoms with Crippen molar-refractivity contribution >= 4 is 22.8 Å². The Morgan fingerprint density at radius 1 is 0.933 bits per heavy atom. The quantitative estimate of drug-likeness (QED) is 0.383. The standard InChI is InChI=1S/C26H19FO3/c27-21-8-4-7-20(17-21)24-16-13-19-6-1-2-9-23(19)26(24)30-22-14-11-18(12-15-22)5-3-10-25(28)29/h1-9,11-17H,10H2,(H,28,29). The highest BCUT2D eigenvalue weighted by Crippen LogP contribution is 2.39. The summed E-state index contributed by atoms with van der Waals surface area (Å²) in [5.41, 5.74) is 2.43. The van der Waals surface area contributed by atoms with Gasteiger partial charge in [-0.15, -0.1) is 0 Å². The second-order valence-electron chi connectivity index (χ2n) is 6.85. The van der Waals surface area contributed by atoms with Crippen molar-refractivity contribution in [3.05, 3.63) is 102 Å². The minimum absolute atomic E-state index is 0.0226. The molecule has 0 spiro atoms. The van der Waals surface area contributed by atoms with Crippen LogP contribution in [0.1, 0.15) is 12.0 Å². The van der Waals surface area contributed by atoms with Gasteiger partial charge in [-0.05, 0) is 46.8 Å². The lowest BCUT2D eigenvalue weighted by atomic mass is 9.99. The molecule has 148 valence electrons. The van der Waals surface area contributed by atoms with Crippen LogP contribution in [0.3, 0.4) is 0 Å². The van der Waals surface area contributed by atoms with E-state index in [1.165, 1.54) is 12.1 Å². The van der Waals surface area contributed by atoms with Gasteiger partial charge in [-0.1, -0.05) is 66.7 Å². The number of carboxylic acid groups (broad SMARTS) is 1. The van der Waals surface area contributed by atoms with Gasteiger partial charge in [0.1, 0.15) is 17.3 Å². The van der Waals surface area contributed by atoms with E-state index < -0.39 is 5.97 Å². The Balaban J connectivity index is 1.72. The summed E-state index contributed by atoms with van der Waals surface area (Å²) in [6.45, 7) is 0. The first-order valence-corrected chi connectivity index (χ1v) is 9.54. The predicted molar refractivity (Wildman–Crippen MR) is 117 cm³/mol. The molecule has 0 fully saturated rings. The van der Waals surface area contributed by atoms with Gasteiger partial charge in [-0.2, -0.15) is 0 Å². The third-order valence-corrected chi connectivity index (χ3v) is 4.72. The van der Waals surface area contributed by atoms with Crippen LogP contribution >= 0.6 is 0 Å². The molecular weight excluding hydrogens is 379 g/mol. The largest absolute Gasteiger partial charge is 0.481 e. The smallest absolute Gasteiger partial charge is 0.307 e. The molecule has 0 aliphatic rings. The fourth-order valence-corrected chi connectivity index (χ4v) is 3.30. The van der Waals surface area contributed by atoms with E-state index in [4.69, 9.17) is 9.84 Å². The molecule has 0 aliphatic carbocycles. The summed E-state index contributed by atoms with van der Waals surface area (Å²) >= 11 is 0. The summed E-state index contributed by atoms with van der Waals surface area (Å²) in [6, 6.07) is 25.7. The highest BCUT2D eigenvalue weighted by atomic mass is 19.1. The van der Waals surface area contributed by atoms with Crippen LogP contribution in [0.15, 0.2) is 91.0 Å². The van der Waals surface area contributed by atoms with Crippen molar-refractivity contribution in [1.82, 2.24) is 0 Å². The molecule has 4 aromatic rings. The summed E-state index contributed by atoms with van der Waals surface area (Å²) < 4.78 is 20.1.